The molecule has 0 N–H and O–H groups in total. The van der Waals surface area contributed by atoms with Crippen LogP contribution in [0.15, 0.2) is 11.6 Å². The summed E-state index contributed by atoms with van der Waals surface area (Å²) in [6, 6.07) is 0. The molecule has 2 aliphatic rings. The van der Waals surface area contributed by atoms with Crippen LogP contribution < -0.4 is 0 Å². The van der Waals surface area contributed by atoms with E-state index in [1.807, 2.05) is 6.08 Å². The zero-order valence-corrected chi connectivity index (χ0v) is 11.0. The van der Waals surface area contributed by atoms with Crippen LogP contribution in [0.4, 0.5) is 0 Å². The molecule has 0 bridgehead atoms. The Hall–Kier alpha value is -0.640. The van der Waals surface area contributed by atoms with E-state index < -0.39 is 15.1 Å². The zero-order chi connectivity index (χ0) is 12.3. The van der Waals surface area contributed by atoms with E-state index in [1.54, 1.807) is 0 Å². The van der Waals surface area contributed by atoms with Gasteiger partial charge in [0.15, 0.2) is 15.6 Å². The molecule has 1 saturated heterocycles. The van der Waals surface area contributed by atoms with E-state index in [0.29, 0.717) is 12.8 Å². The van der Waals surface area contributed by atoms with Crippen LogP contribution in [-0.2, 0) is 14.6 Å². The highest BCUT2D eigenvalue weighted by Crippen LogP contribution is 2.26. The van der Waals surface area contributed by atoms with Gasteiger partial charge in [0.2, 0.25) is 0 Å². The van der Waals surface area contributed by atoms with Gasteiger partial charge in [-0.05, 0) is 44.1 Å². The lowest BCUT2D eigenvalue weighted by molar-refractivity contribution is -0.115. The van der Waals surface area contributed by atoms with E-state index in [-0.39, 0.29) is 11.5 Å². The second kappa shape index (κ2) is 5.34. The first-order chi connectivity index (χ1) is 8.11. The molecule has 4 heteroatoms. The quantitative estimate of drug-likeness (QED) is 0.762. The molecular weight excluding hydrogens is 236 g/mol. The fourth-order valence-corrected chi connectivity index (χ4v) is 4.59. The van der Waals surface area contributed by atoms with Crippen molar-refractivity contribution in [1.82, 2.24) is 0 Å². The van der Waals surface area contributed by atoms with E-state index in [0.717, 1.165) is 44.1 Å². The molecule has 1 aliphatic carbocycles. The summed E-state index contributed by atoms with van der Waals surface area (Å²) in [5, 5.41) is -0.736. The Morgan fingerprint density at radius 3 is 2.71 bits per heavy atom. The monoisotopic (exact) mass is 256 g/mol. The van der Waals surface area contributed by atoms with E-state index >= 15 is 0 Å². The number of carbonyl (C=O) groups is 1. The third kappa shape index (κ3) is 2.97. The van der Waals surface area contributed by atoms with Gasteiger partial charge < -0.3 is 0 Å². The second-order valence-electron chi connectivity index (χ2n) is 5.04. The number of hydrogen-bond donors (Lipinski definition) is 0. The standard InChI is InChI=1S/C13H20O3S/c14-13(11-7-3-1-2-4-8-11)12-9-5-6-10-17(12,15)16/h7,12H,1-6,8-10H2. The molecule has 96 valence electrons. The number of ketones is 1. The van der Waals surface area contributed by atoms with Gasteiger partial charge in [-0.1, -0.05) is 18.9 Å². The van der Waals surface area contributed by atoms with Gasteiger partial charge in [0.05, 0.1) is 5.75 Å². The molecule has 0 aromatic rings. The molecule has 1 fully saturated rings. The summed E-state index contributed by atoms with van der Waals surface area (Å²) in [7, 11) is -3.17. The maximum atomic E-state index is 12.3. The van der Waals surface area contributed by atoms with Crippen molar-refractivity contribution in [1.29, 1.82) is 0 Å². The Morgan fingerprint density at radius 1 is 1.12 bits per heavy atom. The lowest BCUT2D eigenvalue weighted by Gasteiger charge is -2.22. The highest BCUT2D eigenvalue weighted by atomic mass is 32.2. The number of carbonyl (C=O) groups excluding carboxylic acids is 1. The van der Waals surface area contributed by atoms with Crippen LogP contribution in [0, 0.1) is 0 Å². The van der Waals surface area contributed by atoms with Crippen LogP contribution in [-0.4, -0.2) is 25.2 Å². The van der Waals surface area contributed by atoms with E-state index in [1.165, 1.54) is 0 Å². The molecule has 1 atom stereocenters. The number of allylic oxidation sites excluding steroid dienone is 2. The van der Waals surface area contributed by atoms with Gasteiger partial charge in [-0.3, -0.25) is 4.79 Å². The molecule has 0 radical (unpaired) electrons. The number of hydrogen-bond acceptors (Lipinski definition) is 3. The third-order valence-corrected chi connectivity index (χ3v) is 5.90. The van der Waals surface area contributed by atoms with Crippen molar-refractivity contribution in [2.45, 2.75) is 56.6 Å². The maximum Gasteiger partial charge on any atom is 0.176 e. The molecule has 1 heterocycles. The largest absolute Gasteiger partial charge is 0.293 e. The molecule has 0 aromatic heterocycles. The van der Waals surface area contributed by atoms with Crippen molar-refractivity contribution >= 4 is 15.6 Å². The third-order valence-electron chi connectivity index (χ3n) is 3.73. The van der Waals surface area contributed by atoms with Gasteiger partial charge >= 0.3 is 0 Å². The SMILES string of the molecule is O=C(C1=CCCCCC1)C1CCCCS1(=O)=O. The lowest BCUT2D eigenvalue weighted by atomic mass is 10.0. The normalized spacial score (nSPS) is 29.2. The summed E-state index contributed by atoms with van der Waals surface area (Å²) in [6.07, 6.45) is 9.05. The average Bonchev–Trinajstić information content (AvgIpc) is 2.56. The predicted molar refractivity (Wildman–Crippen MR) is 67.6 cm³/mol. The van der Waals surface area contributed by atoms with Crippen LogP contribution >= 0.6 is 0 Å². The van der Waals surface area contributed by atoms with Crippen LogP contribution in [0.3, 0.4) is 0 Å². The minimum atomic E-state index is -3.17. The second-order valence-corrected chi connectivity index (χ2v) is 7.35. The average molecular weight is 256 g/mol. The Balaban J connectivity index is 2.15. The fraction of sp³-hybridized carbons (Fsp3) is 0.769. The van der Waals surface area contributed by atoms with Crippen molar-refractivity contribution in [3.8, 4) is 0 Å². The van der Waals surface area contributed by atoms with Gasteiger partial charge in [-0.15, -0.1) is 0 Å². The Labute approximate surface area is 103 Å². The molecular formula is C13H20O3S. The first kappa shape index (κ1) is 12.8. The Bertz CT molecular complexity index is 420. The molecule has 0 aromatic carbocycles. The van der Waals surface area contributed by atoms with Gasteiger partial charge in [-0.2, -0.15) is 0 Å². The van der Waals surface area contributed by atoms with Crippen molar-refractivity contribution in [3.05, 3.63) is 11.6 Å². The highest BCUT2D eigenvalue weighted by molar-refractivity contribution is 7.92. The fourth-order valence-electron chi connectivity index (χ4n) is 2.69. The molecule has 17 heavy (non-hydrogen) atoms. The smallest absolute Gasteiger partial charge is 0.176 e. The minimum Gasteiger partial charge on any atom is -0.293 e. The molecule has 3 nitrogen and oxygen atoms in total. The van der Waals surface area contributed by atoms with Crippen molar-refractivity contribution in [2.75, 3.05) is 5.75 Å². The minimum absolute atomic E-state index is 0.105. The van der Waals surface area contributed by atoms with Crippen molar-refractivity contribution in [2.24, 2.45) is 0 Å². The van der Waals surface area contributed by atoms with Crippen LogP contribution in [0.5, 0.6) is 0 Å². The van der Waals surface area contributed by atoms with Gasteiger partial charge in [0, 0.05) is 0 Å². The molecule has 1 aliphatic heterocycles. The van der Waals surface area contributed by atoms with E-state index in [2.05, 4.69) is 0 Å². The zero-order valence-electron chi connectivity index (χ0n) is 10.2. The molecule has 2 rings (SSSR count). The maximum absolute atomic E-state index is 12.3. The summed E-state index contributed by atoms with van der Waals surface area (Å²) in [6.45, 7) is 0. The van der Waals surface area contributed by atoms with Gasteiger partial charge in [0.1, 0.15) is 5.25 Å². The van der Waals surface area contributed by atoms with Gasteiger partial charge in [0.25, 0.3) is 0 Å². The molecule has 0 amide bonds. The number of Topliss-reactive ketones (excluding diaryl/α,β-unsaturated/α-hetero) is 1. The summed E-state index contributed by atoms with van der Waals surface area (Å²) in [4.78, 5) is 12.3. The lowest BCUT2D eigenvalue weighted by Crippen LogP contribution is -2.36. The topological polar surface area (TPSA) is 51.2 Å². The Kier molecular flexibility index (Phi) is 4.02. The molecule has 0 spiro atoms. The van der Waals surface area contributed by atoms with E-state index in [4.69, 9.17) is 0 Å². The van der Waals surface area contributed by atoms with Crippen molar-refractivity contribution < 1.29 is 13.2 Å². The predicted octanol–water partition coefficient (Wildman–Crippen LogP) is 2.41. The van der Waals surface area contributed by atoms with Gasteiger partial charge in [-0.25, -0.2) is 8.42 Å². The summed E-state index contributed by atoms with van der Waals surface area (Å²) >= 11 is 0. The summed E-state index contributed by atoms with van der Waals surface area (Å²) in [5.74, 6) is 0.0862. The Morgan fingerprint density at radius 2 is 1.94 bits per heavy atom. The summed E-state index contributed by atoms with van der Waals surface area (Å²) in [5.41, 5.74) is 0.776. The first-order valence-corrected chi connectivity index (χ1v) is 8.27. The number of rotatable bonds is 2. The van der Waals surface area contributed by atoms with Crippen LogP contribution in [0.25, 0.3) is 0 Å². The van der Waals surface area contributed by atoms with E-state index in [9.17, 15) is 13.2 Å². The number of sulfone groups is 1. The first-order valence-electron chi connectivity index (χ1n) is 6.56. The highest BCUT2D eigenvalue weighted by Gasteiger charge is 2.35. The summed E-state index contributed by atoms with van der Waals surface area (Å²) < 4.78 is 23.8. The van der Waals surface area contributed by atoms with Crippen LogP contribution in [0.1, 0.15) is 51.4 Å². The van der Waals surface area contributed by atoms with Crippen molar-refractivity contribution in [3.63, 3.8) is 0 Å². The van der Waals surface area contributed by atoms with Crippen LogP contribution in [0.2, 0.25) is 0 Å². The molecule has 1 unspecified atom stereocenters. The molecule has 0 saturated carbocycles.